The van der Waals surface area contributed by atoms with E-state index in [0.29, 0.717) is 22.2 Å². The maximum atomic E-state index is 13.7. The Bertz CT molecular complexity index is 1230. The van der Waals surface area contributed by atoms with Crippen LogP contribution in [0.25, 0.3) is 0 Å². The van der Waals surface area contributed by atoms with Gasteiger partial charge in [-0.15, -0.1) is 0 Å². The van der Waals surface area contributed by atoms with Crippen molar-refractivity contribution in [3.8, 4) is 0 Å². The van der Waals surface area contributed by atoms with Gasteiger partial charge in [-0.3, -0.25) is 13.9 Å². The zero-order valence-electron chi connectivity index (χ0n) is 21.1. The Morgan fingerprint density at radius 3 is 2.24 bits per heavy atom. The first-order valence-electron chi connectivity index (χ1n) is 11.6. The number of carbonyl (C=O) groups excluding carboxylic acids is 2. The highest BCUT2D eigenvalue weighted by Gasteiger charge is 2.27. The van der Waals surface area contributed by atoms with E-state index >= 15 is 0 Å². The lowest BCUT2D eigenvalue weighted by molar-refractivity contribution is -0.140. The van der Waals surface area contributed by atoms with Crippen molar-refractivity contribution in [1.29, 1.82) is 0 Å². The van der Waals surface area contributed by atoms with Gasteiger partial charge in [-0.25, -0.2) is 17.2 Å². The molecule has 0 aliphatic carbocycles. The normalized spacial score (nSPS) is 12.4. The standard InChI is InChI=1S/C25H31Cl2F2N3O4S/c1-16(2)14-30-25(34)17(3)31(15-18-7-9-20(26)21(27)12-18)24(33)6-5-11-32(37(4,35)36)19-8-10-22(28)23(29)13-19/h7-10,12-13,16-17H,5-6,11,14-15H2,1-4H3,(H,30,34)/t17-/m1/s1. The minimum atomic E-state index is -3.84. The molecule has 0 aliphatic heterocycles. The maximum Gasteiger partial charge on any atom is 0.242 e. The smallest absolute Gasteiger partial charge is 0.242 e. The van der Waals surface area contributed by atoms with Crippen molar-refractivity contribution in [1.82, 2.24) is 10.2 Å². The highest BCUT2D eigenvalue weighted by atomic mass is 35.5. The molecule has 1 N–H and O–H groups in total. The van der Waals surface area contributed by atoms with E-state index in [0.717, 1.165) is 28.8 Å². The van der Waals surface area contributed by atoms with Gasteiger partial charge in [0.2, 0.25) is 21.8 Å². The van der Waals surface area contributed by atoms with Crippen molar-refractivity contribution in [2.45, 2.75) is 46.2 Å². The van der Waals surface area contributed by atoms with Crippen LogP contribution in [-0.4, -0.2) is 50.5 Å². The fraction of sp³-hybridized carbons (Fsp3) is 0.440. The van der Waals surface area contributed by atoms with Gasteiger partial charge in [-0.1, -0.05) is 43.1 Å². The number of nitrogens with one attached hydrogen (secondary N) is 1. The van der Waals surface area contributed by atoms with Crippen molar-refractivity contribution in [2.75, 3.05) is 23.7 Å². The second-order valence-electron chi connectivity index (χ2n) is 9.12. The summed E-state index contributed by atoms with van der Waals surface area (Å²) in [5, 5.41) is 3.47. The molecule has 2 rings (SSSR count). The van der Waals surface area contributed by atoms with Crippen LogP contribution in [0.3, 0.4) is 0 Å². The molecule has 204 valence electrons. The first-order chi connectivity index (χ1) is 17.2. The Morgan fingerprint density at radius 1 is 1.00 bits per heavy atom. The molecule has 0 radical (unpaired) electrons. The molecule has 37 heavy (non-hydrogen) atoms. The Hall–Kier alpha value is -2.43. The molecule has 0 aliphatic rings. The molecule has 0 aromatic heterocycles. The summed E-state index contributed by atoms with van der Waals surface area (Å²) in [5.74, 6) is -2.79. The molecule has 0 bridgehead atoms. The van der Waals surface area contributed by atoms with Gasteiger partial charge in [0.05, 0.1) is 22.0 Å². The number of rotatable bonds is 12. The fourth-order valence-electron chi connectivity index (χ4n) is 3.51. The Kier molecular flexibility index (Phi) is 11.1. The summed E-state index contributed by atoms with van der Waals surface area (Å²) in [6.07, 6.45) is 0.912. The van der Waals surface area contributed by atoms with E-state index < -0.39 is 33.6 Å². The van der Waals surface area contributed by atoms with Crippen LogP contribution in [0.4, 0.5) is 14.5 Å². The van der Waals surface area contributed by atoms with Gasteiger partial charge in [-0.05, 0) is 49.1 Å². The zero-order chi connectivity index (χ0) is 27.9. The summed E-state index contributed by atoms with van der Waals surface area (Å²) in [5.41, 5.74) is 0.605. The molecular weight excluding hydrogens is 547 g/mol. The number of nitrogens with zero attached hydrogens (tertiary/aromatic N) is 2. The molecule has 1 atom stereocenters. The summed E-state index contributed by atoms with van der Waals surface area (Å²) in [4.78, 5) is 27.4. The lowest BCUT2D eigenvalue weighted by Gasteiger charge is -2.30. The third-order valence-corrected chi connectivity index (χ3v) is 7.47. The van der Waals surface area contributed by atoms with E-state index in [2.05, 4.69) is 5.32 Å². The summed E-state index contributed by atoms with van der Waals surface area (Å²) >= 11 is 12.1. The maximum absolute atomic E-state index is 13.7. The second kappa shape index (κ2) is 13.4. The highest BCUT2D eigenvalue weighted by Crippen LogP contribution is 2.25. The van der Waals surface area contributed by atoms with Crippen LogP contribution in [0.2, 0.25) is 10.0 Å². The largest absolute Gasteiger partial charge is 0.354 e. The van der Waals surface area contributed by atoms with Crippen LogP contribution in [0, 0.1) is 17.6 Å². The minimum Gasteiger partial charge on any atom is -0.354 e. The Morgan fingerprint density at radius 2 is 1.68 bits per heavy atom. The molecule has 2 amide bonds. The van der Waals surface area contributed by atoms with E-state index in [1.807, 2.05) is 13.8 Å². The number of anilines is 1. The van der Waals surface area contributed by atoms with E-state index in [4.69, 9.17) is 23.2 Å². The van der Waals surface area contributed by atoms with E-state index in [-0.39, 0.29) is 43.4 Å². The van der Waals surface area contributed by atoms with Gasteiger partial charge < -0.3 is 10.2 Å². The number of benzene rings is 2. The van der Waals surface area contributed by atoms with Crippen LogP contribution in [0.1, 0.15) is 39.2 Å². The molecule has 12 heteroatoms. The fourth-order valence-corrected chi connectivity index (χ4v) is 4.79. The minimum absolute atomic E-state index is 0.0528. The molecule has 0 saturated heterocycles. The lowest BCUT2D eigenvalue weighted by atomic mass is 10.1. The van der Waals surface area contributed by atoms with E-state index in [1.54, 1.807) is 25.1 Å². The van der Waals surface area contributed by atoms with Crippen LogP contribution in [0.5, 0.6) is 0 Å². The van der Waals surface area contributed by atoms with Crippen LogP contribution >= 0.6 is 23.2 Å². The first-order valence-corrected chi connectivity index (χ1v) is 14.2. The Balaban J connectivity index is 2.20. The van der Waals surface area contributed by atoms with Crippen molar-refractivity contribution >= 4 is 50.7 Å². The molecule has 0 spiro atoms. The van der Waals surface area contributed by atoms with Crippen LogP contribution in [0.15, 0.2) is 36.4 Å². The third kappa shape index (κ3) is 9.12. The van der Waals surface area contributed by atoms with Gasteiger partial charge in [0, 0.05) is 32.1 Å². The summed E-state index contributed by atoms with van der Waals surface area (Å²) < 4.78 is 52.5. The summed E-state index contributed by atoms with van der Waals surface area (Å²) in [7, 11) is -3.84. The first kappa shape index (κ1) is 30.8. The van der Waals surface area contributed by atoms with Crippen LogP contribution < -0.4 is 9.62 Å². The Labute approximate surface area is 226 Å². The quantitative estimate of drug-likeness (QED) is 0.384. The predicted octanol–water partition coefficient (Wildman–Crippen LogP) is 5.01. The van der Waals surface area contributed by atoms with Crippen molar-refractivity contribution in [3.63, 3.8) is 0 Å². The monoisotopic (exact) mass is 577 g/mol. The molecule has 0 fully saturated rings. The zero-order valence-corrected chi connectivity index (χ0v) is 23.4. The molecule has 2 aromatic carbocycles. The van der Waals surface area contributed by atoms with E-state index in [1.165, 1.54) is 4.90 Å². The number of hydrogen-bond acceptors (Lipinski definition) is 4. The number of hydrogen-bond donors (Lipinski definition) is 1. The summed E-state index contributed by atoms with van der Waals surface area (Å²) in [6.45, 7) is 5.87. The molecule has 0 unspecified atom stereocenters. The SMILES string of the molecule is CC(C)CNC(=O)[C@@H](C)N(Cc1ccc(Cl)c(Cl)c1)C(=O)CCCN(c1ccc(F)c(F)c1)S(C)(=O)=O. The molecule has 0 heterocycles. The summed E-state index contributed by atoms with van der Waals surface area (Å²) in [6, 6.07) is 6.85. The average molecular weight is 579 g/mol. The van der Waals surface area contributed by atoms with Gasteiger partial charge in [0.1, 0.15) is 6.04 Å². The van der Waals surface area contributed by atoms with E-state index in [9.17, 15) is 26.8 Å². The molecule has 2 aromatic rings. The molecular formula is C25H31Cl2F2N3O4S. The molecule has 0 saturated carbocycles. The van der Waals surface area contributed by atoms with Gasteiger partial charge in [-0.2, -0.15) is 0 Å². The number of halogens is 4. The number of carbonyl (C=O) groups is 2. The van der Waals surface area contributed by atoms with Crippen molar-refractivity contribution in [3.05, 3.63) is 63.6 Å². The number of sulfonamides is 1. The van der Waals surface area contributed by atoms with Crippen molar-refractivity contribution in [2.24, 2.45) is 5.92 Å². The van der Waals surface area contributed by atoms with Gasteiger partial charge in [0.15, 0.2) is 11.6 Å². The average Bonchev–Trinajstić information content (AvgIpc) is 2.81. The van der Waals surface area contributed by atoms with Gasteiger partial charge >= 0.3 is 0 Å². The van der Waals surface area contributed by atoms with Gasteiger partial charge in [0.25, 0.3) is 0 Å². The lowest BCUT2D eigenvalue weighted by Crippen LogP contribution is -2.48. The topological polar surface area (TPSA) is 86.8 Å². The third-order valence-electron chi connectivity index (χ3n) is 5.53. The molecule has 7 nitrogen and oxygen atoms in total. The highest BCUT2D eigenvalue weighted by molar-refractivity contribution is 7.92. The van der Waals surface area contributed by atoms with Crippen LogP contribution in [-0.2, 0) is 26.2 Å². The predicted molar refractivity (Wildman–Crippen MR) is 142 cm³/mol. The number of amides is 2. The second-order valence-corrected chi connectivity index (χ2v) is 11.8. The van der Waals surface area contributed by atoms with Crippen molar-refractivity contribution < 1.29 is 26.8 Å².